The SMILES string of the molecule is CC(C)c1ccnc(-c2ccc(F)c3c2oc2ncccc23)c1. The molecule has 3 nitrogen and oxygen atoms in total. The first-order chi connectivity index (χ1) is 11.1. The number of hydrogen-bond donors (Lipinski definition) is 0. The number of fused-ring (bicyclic) bond motifs is 3. The molecular weight excluding hydrogens is 291 g/mol. The summed E-state index contributed by atoms with van der Waals surface area (Å²) in [7, 11) is 0. The average molecular weight is 306 g/mol. The first-order valence-corrected chi connectivity index (χ1v) is 7.57. The zero-order valence-electron chi connectivity index (χ0n) is 12.9. The van der Waals surface area contributed by atoms with Gasteiger partial charge in [0.15, 0.2) is 0 Å². The Bertz CT molecular complexity index is 1020. The minimum atomic E-state index is -0.310. The van der Waals surface area contributed by atoms with E-state index in [2.05, 4.69) is 23.8 Å². The highest BCUT2D eigenvalue weighted by Gasteiger charge is 2.17. The Morgan fingerprint density at radius 1 is 1.04 bits per heavy atom. The van der Waals surface area contributed by atoms with Crippen LogP contribution in [0, 0.1) is 5.82 Å². The second kappa shape index (κ2) is 5.16. The van der Waals surface area contributed by atoms with Crippen LogP contribution in [0.1, 0.15) is 25.3 Å². The Balaban J connectivity index is 2.05. The van der Waals surface area contributed by atoms with Crippen molar-refractivity contribution >= 4 is 22.1 Å². The van der Waals surface area contributed by atoms with Crippen molar-refractivity contribution in [2.75, 3.05) is 0 Å². The maximum atomic E-state index is 14.3. The van der Waals surface area contributed by atoms with Crippen molar-refractivity contribution in [3.05, 3.63) is 60.2 Å². The van der Waals surface area contributed by atoms with E-state index in [1.807, 2.05) is 18.2 Å². The predicted molar refractivity (Wildman–Crippen MR) is 88.8 cm³/mol. The molecule has 0 N–H and O–H groups in total. The lowest BCUT2D eigenvalue weighted by Crippen LogP contribution is -1.91. The Kier molecular flexibility index (Phi) is 3.11. The highest BCUT2D eigenvalue weighted by atomic mass is 19.1. The molecule has 0 amide bonds. The third-order valence-electron chi connectivity index (χ3n) is 4.07. The molecule has 0 bridgehead atoms. The number of nitrogens with zero attached hydrogens (tertiary/aromatic N) is 2. The van der Waals surface area contributed by atoms with Gasteiger partial charge in [-0.25, -0.2) is 9.37 Å². The summed E-state index contributed by atoms with van der Waals surface area (Å²) < 4.78 is 20.2. The summed E-state index contributed by atoms with van der Waals surface area (Å²) in [5.41, 5.74) is 3.67. The van der Waals surface area contributed by atoms with Crippen LogP contribution in [0.15, 0.2) is 53.2 Å². The normalized spacial score (nSPS) is 11.7. The molecule has 0 aliphatic heterocycles. The maximum absolute atomic E-state index is 14.3. The Morgan fingerprint density at radius 3 is 2.74 bits per heavy atom. The van der Waals surface area contributed by atoms with E-state index >= 15 is 0 Å². The van der Waals surface area contributed by atoms with Crippen molar-refractivity contribution < 1.29 is 8.81 Å². The standard InChI is InChI=1S/C19H15FN2O/c1-11(2)12-7-9-21-16(10-12)13-5-6-15(20)17-14-4-3-8-22-19(14)23-18(13)17/h3-11H,1-2H3. The second-order valence-corrected chi connectivity index (χ2v) is 5.89. The number of halogens is 1. The molecule has 23 heavy (non-hydrogen) atoms. The highest BCUT2D eigenvalue weighted by Crippen LogP contribution is 2.36. The van der Waals surface area contributed by atoms with E-state index in [-0.39, 0.29) is 5.82 Å². The molecule has 0 radical (unpaired) electrons. The Hall–Kier alpha value is -2.75. The quantitative estimate of drug-likeness (QED) is 0.504. The molecule has 0 atom stereocenters. The van der Waals surface area contributed by atoms with Crippen molar-refractivity contribution in [3.8, 4) is 11.3 Å². The molecule has 0 aliphatic rings. The van der Waals surface area contributed by atoms with Gasteiger partial charge in [0, 0.05) is 18.0 Å². The van der Waals surface area contributed by atoms with Gasteiger partial charge >= 0.3 is 0 Å². The highest BCUT2D eigenvalue weighted by molar-refractivity contribution is 6.08. The van der Waals surface area contributed by atoms with Crippen LogP contribution in [0.25, 0.3) is 33.3 Å². The van der Waals surface area contributed by atoms with E-state index in [9.17, 15) is 4.39 Å². The molecule has 114 valence electrons. The molecule has 0 fully saturated rings. The summed E-state index contributed by atoms with van der Waals surface area (Å²) in [6.07, 6.45) is 3.42. The monoisotopic (exact) mass is 306 g/mol. The van der Waals surface area contributed by atoms with Crippen LogP contribution in [-0.2, 0) is 0 Å². The van der Waals surface area contributed by atoms with E-state index in [1.54, 1.807) is 24.5 Å². The van der Waals surface area contributed by atoms with Gasteiger partial charge in [0.05, 0.1) is 16.5 Å². The van der Waals surface area contributed by atoms with E-state index < -0.39 is 0 Å². The summed E-state index contributed by atoms with van der Waals surface area (Å²) >= 11 is 0. The zero-order chi connectivity index (χ0) is 16.0. The van der Waals surface area contributed by atoms with Crippen molar-refractivity contribution in [3.63, 3.8) is 0 Å². The fourth-order valence-corrected chi connectivity index (χ4v) is 2.83. The van der Waals surface area contributed by atoms with E-state index in [0.717, 1.165) is 11.3 Å². The molecule has 1 aromatic carbocycles. The Labute approximate surface area is 132 Å². The smallest absolute Gasteiger partial charge is 0.227 e. The second-order valence-electron chi connectivity index (χ2n) is 5.89. The summed E-state index contributed by atoms with van der Waals surface area (Å²) in [5.74, 6) is 0.0838. The predicted octanol–water partition coefficient (Wildman–Crippen LogP) is 5.31. The number of rotatable bonds is 2. The molecule has 4 rings (SSSR count). The van der Waals surface area contributed by atoms with E-state index in [1.165, 1.54) is 11.6 Å². The van der Waals surface area contributed by atoms with Crippen molar-refractivity contribution in [2.45, 2.75) is 19.8 Å². The van der Waals surface area contributed by atoms with Gasteiger partial charge in [0.2, 0.25) is 5.71 Å². The Morgan fingerprint density at radius 2 is 1.91 bits per heavy atom. The van der Waals surface area contributed by atoms with E-state index in [0.29, 0.717) is 28.0 Å². The van der Waals surface area contributed by atoms with E-state index in [4.69, 9.17) is 4.42 Å². The van der Waals surface area contributed by atoms with Gasteiger partial charge < -0.3 is 4.42 Å². The molecule has 0 spiro atoms. The van der Waals surface area contributed by atoms with Crippen LogP contribution in [0.5, 0.6) is 0 Å². The largest absolute Gasteiger partial charge is 0.437 e. The van der Waals surface area contributed by atoms with Gasteiger partial charge in [-0.1, -0.05) is 13.8 Å². The summed E-state index contributed by atoms with van der Waals surface area (Å²) in [5, 5.41) is 1.14. The lowest BCUT2D eigenvalue weighted by molar-refractivity contribution is 0.631. The van der Waals surface area contributed by atoms with Crippen LogP contribution >= 0.6 is 0 Å². The third kappa shape index (κ3) is 2.18. The fourth-order valence-electron chi connectivity index (χ4n) is 2.83. The topological polar surface area (TPSA) is 38.9 Å². The molecule has 0 aliphatic carbocycles. The molecule has 0 unspecified atom stereocenters. The number of aromatic nitrogens is 2. The minimum absolute atomic E-state index is 0.310. The third-order valence-corrected chi connectivity index (χ3v) is 4.07. The number of pyridine rings is 2. The van der Waals surface area contributed by atoms with Crippen LogP contribution in [0.3, 0.4) is 0 Å². The number of benzene rings is 1. The van der Waals surface area contributed by atoms with Crippen LogP contribution in [0.4, 0.5) is 4.39 Å². The van der Waals surface area contributed by atoms with Crippen LogP contribution in [0.2, 0.25) is 0 Å². The molecule has 3 heterocycles. The van der Waals surface area contributed by atoms with Gasteiger partial charge in [-0.3, -0.25) is 4.98 Å². The summed E-state index contributed by atoms with van der Waals surface area (Å²) in [6, 6.07) is 10.8. The van der Waals surface area contributed by atoms with Crippen LogP contribution in [-0.4, -0.2) is 9.97 Å². The zero-order valence-corrected chi connectivity index (χ0v) is 12.9. The van der Waals surface area contributed by atoms with Gasteiger partial charge in [-0.05, 0) is 47.9 Å². The molecule has 4 heteroatoms. The minimum Gasteiger partial charge on any atom is -0.437 e. The maximum Gasteiger partial charge on any atom is 0.227 e. The molecule has 4 aromatic rings. The lowest BCUT2D eigenvalue weighted by Gasteiger charge is -2.08. The fraction of sp³-hybridized carbons (Fsp3) is 0.158. The van der Waals surface area contributed by atoms with Gasteiger partial charge in [0.25, 0.3) is 0 Å². The van der Waals surface area contributed by atoms with Crippen molar-refractivity contribution in [2.24, 2.45) is 0 Å². The van der Waals surface area contributed by atoms with Gasteiger partial charge in [0.1, 0.15) is 11.4 Å². The number of hydrogen-bond acceptors (Lipinski definition) is 3. The molecule has 3 aromatic heterocycles. The summed E-state index contributed by atoms with van der Waals surface area (Å²) in [6.45, 7) is 4.26. The lowest BCUT2D eigenvalue weighted by atomic mass is 10.0. The summed E-state index contributed by atoms with van der Waals surface area (Å²) in [4.78, 5) is 8.63. The first kappa shape index (κ1) is 13.9. The van der Waals surface area contributed by atoms with Crippen molar-refractivity contribution in [1.29, 1.82) is 0 Å². The molecule has 0 saturated carbocycles. The average Bonchev–Trinajstić information content (AvgIpc) is 2.95. The van der Waals surface area contributed by atoms with Crippen LogP contribution < -0.4 is 0 Å². The number of furan rings is 1. The van der Waals surface area contributed by atoms with Crippen molar-refractivity contribution in [1.82, 2.24) is 9.97 Å². The van der Waals surface area contributed by atoms with Gasteiger partial charge in [-0.15, -0.1) is 0 Å². The molecule has 0 saturated heterocycles. The molecular formula is C19H15FN2O. The first-order valence-electron chi connectivity index (χ1n) is 7.57. The van der Waals surface area contributed by atoms with Gasteiger partial charge in [-0.2, -0.15) is 0 Å².